The number of nitrogens with one attached hydrogen (secondary N) is 2. The van der Waals surface area contributed by atoms with Crippen LogP contribution in [0.25, 0.3) is 0 Å². The van der Waals surface area contributed by atoms with Crippen LogP contribution in [-0.4, -0.2) is 68.1 Å². The van der Waals surface area contributed by atoms with Crippen LogP contribution in [0.5, 0.6) is 0 Å². The molecule has 1 fully saturated rings. The van der Waals surface area contributed by atoms with E-state index in [1.165, 1.54) is 0 Å². The molecule has 152 valence electrons. The zero-order valence-corrected chi connectivity index (χ0v) is 19.5. The highest BCUT2D eigenvalue weighted by molar-refractivity contribution is 14.0. The fourth-order valence-electron chi connectivity index (χ4n) is 2.62. The molecule has 1 aromatic rings. The van der Waals surface area contributed by atoms with E-state index in [0.717, 1.165) is 31.9 Å². The molecule has 1 atom stereocenters. The van der Waals surface area contributed by atoms with Crippen molar-refractivity contribution in [3.63, 3.8) is 0 Å². The largest absolute Gasteiger partial charge is 0.356 e. The SMILES string of the molecule is CC(C)CNC(=NCC(=O)N(C)C)NC1CCN(c2ncccc2Cl)C1.I. The van der Waals surface area contributed by atoms with Crippen molar-refractivity contribution in [1.82, 2.24) is 20.5 Å². The van der Waals surface area contributed by atoms with Crippen molar-refractivity contribution in [1.29, 1.82) is 0 Å². The molecule has 0 aromatic carbocycles. The summed E-state index contributed by atoms with van der Waals surface area (Å²) in [5, 5.41) is 7.42. The second-order valence-electron chi connectivity index (χ2n) is 7.11. The number of nitrogens with zero attached hydrogens (tertiary/aromatic N) is 4. The summed E-state index contributed by atoms with van der Waals surface area (Å²) in [6.45, 7) is 6.86. The van der Waals surface area contributed by atoms with E-state index in [1.807, 2.05) is 12.1 Å². The lowest BCUT2D eigenvalue weighted by atomic mass is 10.2. The Bertz CT molecular complexity index is 640. The molecular weight excluding hydrogens is 479 g/mol. The topological polar surface area (TPSA) is 72.9 Å². The van der Waals surface area contributed by atoms with Gasteiger partial charge in [0.1, 0.15) is 12.4 Å². The Morgan fingerprint density at radius 1 is 1.48 bits per heavy atom. The summed E-state index contributed by atoms with van der Waals surface area (Å²) < 4.78 is 0. The number of hydrogen-bond donors (Lipinski definition) is 2. The number of halogens is 2. The predicted molar refractivity (Wildman–Crippen MR) is 122 cm³/mol. The Labute approximate surface area is 184 Å². The third-order valence-corrected chi connectivity index (χ3v) is 4.41. The zero-order chi connectivity index (χ0) is 19.1. The summed E-state index contributed by atoms with van der Waals surface area (Å²) in [5.41, 5.74) is 0. The van der Waals surface area contributed by atoms with Crippen molar-refractivity contribution in [3.8, 4) is 0 Å². The summed E-state index contributed by atoms with van der Waals surface area (Å²) in [4.78, 5) is 24.4. The maximum absolute atomic E-state index is 11.8. The quantitative estimate of drug-likeness (QED) is 0.350. The van der Waals surface area contributed by atoms with Gasteiger partial charge in [0.2, 0.25) is 5.91 Å². The van der Waals surface area contributed by atoms with Gasteiger partial charge in [-0.2, -0.15) is 0 Å². The maximum Gasteiger partial charge on any atom is 0.243 e. The van der Waals surface area contributed by atoms with Crippen LogP contribution in [0.3, 0.4) is 0 Å². The minimum absolute atomic E-state index is 0. The van der Waals surface area contributed by atoms with Crippen LogP contribution in [0.4, 0.5) is 5.82 Å². The first-order valence-electron chi connectivity index (χ1n) is 8.97. The third kappa shape index (κ3) is 7.69. The molecule has 0 bridgehead atoms. The maximum atomic E-state index is 11.8. The molecule has 0 saturated carbocycles. The van der Waals surface area contributed by atoms with Gasteiger partial charge >= 0.3 is 0 Å². The molecule has 1 aromatic heterocycles. The van der Waals surface area contributed by atoms with E-state index >= 15 is 0 Å². The average molecular weight is 509 g/mol. The molecule has 2 heterocycles. The highest BCUT2D eigenvalue weighted by Crippen LogP contribution is 2.25. The normalized spacial score (nSPS) is 16.9. The number of likely N-dealkylation sites (N-methyl/N-ethyl adjacent to an activating group) is 1. The summed E-state index contributed by atoms with van der Waals surface area (Å²) in [6.07, 6.45) is 2.71. The highest BCUT2D eigenvalue weighted by atomic mass is 127. The van der Waals surface area contributed by atoms with Gasteiger partial charge in [0, 0.05) is 46.0 Å². The highest BCUT2D eigenvalue weighted by Gasteiger charge is 2.25. The molecule has 0 spiro atoms. The lowest BCUT2D eigenvalue weighted by Crippen LogP contribution is -2.46. The second-order valence-corrected chi connectivity index (χ2v) is 7.52. The second kappa shape index (κ2) is 11.5. The molecule has 0 aliphatic carbocycles. The number of anilines is 1. The zero-order valence-electron chi connectivity index (χ0n) is 16.4. The summed E-state index contributed by atoms with van der Waals surface area (Å²) in [5.74, 6) is 1.95. The summed E-state index contributed by atoms with van der Waals surface area (Å²) >= 11 is 6.25. The van der Waals surface area contributed by atoms with E-state index in [9.17, 15) is 4.79 Å². The molecule has 1 unspecified atom stereocenters. The smallest absolute Gasteiger partial charge is 0.243 e. The van der Waals surface area contributed by atoms with Crippen LogP contribution in [0.15, 0.2) is 23.3 Å². The van der Waals surface area contributed by atoms with Gasteiger partial charge < -0.3 is 20.4 Å². The summed E-state index contributed by atoms with van der Waals surface area (Å²) in [7, 11) is 3.47. The minimum atomic E-state index is -0.0241. The Morgan fingerprint density at radius 3 is 2.85 bits per heavy atom. The van der Waals surface area contributed by atoms with E-state index in [4.69, 9.17) is 11.6 Å². The fraction of sp³-hybridized carbons (Fsp3) is 0.611. The number of amides is 1. The molecule has 7 nitrogen and oxygen atoms in total. The van der Waals surface area contributed by atoms with E-state index in [-0.39, 0.29) is 42.5 Å². The molecule has 1 aliphatic rings. The van der Waals surface area contributed by atoms with Gasteiger partial charge in [-0.1, -0.05) is 25.4 Å². The number of pyridine rings is 1. The van der Waals surface area contributed by atoms with Gasteiger partial charge in [0.15, 0.2) is 5.96 Å². The first kappa shape index (κ1) is 23.7. The lowest BCUT2D eigenvalue weighted by Gasteiger charge is -2.21. The molecule has 2 N–H and O–H groups in total. The van der Waals surface area contributed by atoms with Gasteiger partial charge in [-0.05, 0) is 24.5 Å². The average Bonchev–Trinajstić information content (AvgIpc) is 3.05. The molecule has 1 saturated heterocycles. The van der Waals surface area contributed by atoms with Crippen LogP contribution in [-0.2, 0) is 4.79 Å². The van der Waals surface area contributed by atoms with Crippen LogP contribution < -0.4 is 15.5 Å². The monoisotopic (exact) mass is 508 g/mol. The Hall–Kier alpha value is -1.29. The molecule has 1 amide bonds. The van der Waals surface area contributed by atoms with E-state index in [2.05, 4.69) is 39.4 Å². The van der Waals surface area contributed by atoms with Crippen molar-refractivity contribution in [2.45, 2.75) is 26.3 Å². The minimum Gasteiger partial charge on any atom is -0.356 e. The molecule has 9 heteroatoms. The van der Waals surface area contributed by atoms with Gasteiger partial charge in [-0.15, -0.1) is 24.0 Å². The van der Waals surface area contributed by atoms with Crippen molar-refractivity contribution in [2.24, 2.45) is 10.9 Å². The molecule has 2 rings (SSSR count). The number of hydrogen-bond acceptors (Lipinski definition) is 4. The molecule has 1 aliphatic heterocycles. The van der Waals surface area contributed by atoms with E-state index in [1.54, 1.807) is 25.2 Å². The van der Waals surface area contributed by atoms with Crippen molar-refractivity contribution < 1.29 is 4.79 Å². The van der Waals surface area contributed by atoms with Crippen molar-refractivity contribution in [3.05, 3.63) is 23.4 Å². The predicted octanol–water partition coefficient (Wildman–Crippen LogP) is 2.21. The van der Waals surface area contributed by atoms with E-state index < -0.39 is 0 Å². The van der Waals surface area contributed by atoms with Crippen LogP contribution >= 0.6 is 35.6 Å². The van der Waals surface area contributed by atoms with Crippen LogP contribution in [0.2, 0.25) is 5.02 Å². The van der Waals surface area contributed by atoms with Gasteiger partial charge in [0.05, 0.1) is 5.02 Å². The number of carbonyl (C=O) groups excluding carboxylic acids is 1. The number of aromatic nitrogens is 1. The van der Waals surface area contributed by atoms with Crippen LogP contribution in [0, 0.1) is 5.92 Å². The van der Waals surface area contributed by atoms with E-state index in [0.29, 0.717) is 16.9 Å². The van der Waals surface area contributed by atoms with Crippen molar-refractivity contribution in [2.75, 3.05) is 45.2 Å². The Morgan fingerprint density at radius 2 is 2.22 bits per heavy atom. The third-order valence-electron chi connectivity index (χ3n) is 4.12. The van der Waals surface area contributed by atoms with Gasteiger partial charge in [-0.3, -0.25) is 4.79 Å². The lowest BCUT2D eigenvalue weighted by molar-refractivity contribution is -0.127. The summed E-state index contributed by atoms with van der Waals surface area (Å²) in [6, 6.07) is 3.91. The van der Waals surface area contributed by atoms with Crippen molar-refractivity contribution >= 4 is 53.3 Å². The Kier molecular flexibility index (Phi) is 10.1. The Balaban J connectivity index is 0.00000364. The number of guanidine groups is 1. The van der Waals surface area contributed by atoms with Gasteiger partial charge in [0.25, 0.3) is 0 Å². The molecule has 0 radical (unpaired) electrons. The number of carbonyl (C=O) groups is 1. The standard InChI is InChI=1S/C18H29ClN6O.HI/c1-13(2)10-21-18(22-11-16(26)24(3)4)23-14-7-9-25(12-14)17-15(19)6-5-8-20-17;/h5-6,8,13-14H,7,9-12H2,1-4H3,(H2,21,22,23);1H. The number of rotatable bonds is 6. The number of aliphatic imine (C=N–C) groups is 1. The first-order valence-corrected chi connectivity index (χ1v) is 9.35. The first-order chi connectivity index (χ1) is 12.4. The fourth-order valence-corrected chi connectivity index (χ4v) is 2.86. The molecule has 27 heavy (non-hydrogen) atoms. The van der Waals surface area contributed by atoms with Gasteiger partial charge in [-0.25, -0.2) is 9.98 Å². The molecular formula is C18H30ClIN6O. The van der Waals surface area contributed by atoms with Crippen LogP contribution in [0.1, 0.15) is 20.3 Å².